The van der Waals surface area contributed by atoms with Crippen molar-refractivity contribution in [1.82, 2.24) is 4.90 Å². The Labute approximate surface area is 158 Å². The maximum atomic E-state index is 12.4. The molecule has 1 saturated heterocycles. The van der Waals surface area contributed by atoms with E-state index in [-0.39, 0.29) is 18.4 Å². The van der Waals surface area contributed by atoms with E-state index >= 15 is 0 Å². The van der Waals surface area contributed by atoms with Crippen LogP contribution in [0.4, 0.5) is 11.4 Å². The Kier molecular flexibility index (Phi) is 6.27. The fourth-order valence-electron chi connectivity index (χ4n) is 2.74. The van der Waals surface area contributed by atoms with Crippen LogP contribution in [0.15, 0.2) is 48.5 Å². The Bertz CT molecular complexity index is 769. The topological polar surface area (TPSA) is 79.9 Å². The van der Waals surface area contributed by atoms with Gasteiger partial charge in [0.25, 0.3) is 5.91 Å². The number of morpholine rings is 1. The molecular weight excluding hydrogens is 346 g/mol. The summed E-state index contributed by atoms with van der Waals surface area (Å²) in [6.45, 7) is 2.51. The summed E-state index contributed by atoms with van der Waals surface area (Å²) in [5, 5.41) is 5.86. The van der Waals surface area contributed by atoms with E-state index in [1.807, 2.05) is 0 Å². The first-order chi connectivity index (χ1) is 13.2. The standard InChI is InChI=1S/C20H23N3O4/c1-26-18-8-6-17(7-9-18)22-19(24)14-21-16-4-2-15(3-5-16)20(25)23-10-12-27-13-11-23/h2-9,21H,10-14H2,1H3,(H,22,24). The van der Waals surface area contributed by atoms with Gasteiger partial charge in [-0.25, -0.2) is 0 Å². The number of amides is 2. The molecule has 2 N–H and O–H groups in total. The summed E-state index contributed by atoms with van der Waals surface area (Å²) in [5.41, 5.74) is 2.11. The Morgan fingerprint density at radius 2 is 1.63 bits per heavy atom. The van der Waals surface area contributed by atoms with E-state index in [2.05, 4.69) is 10.6 Å². The number of nitrogens with one attached hydrogen (secondary N) is 2. The molecule has 0 saturated carbocycles. The Morgan fingerprint density at radius 3 is 2.26 bits per heavy atom. The summed E-state index contributed by atoms with van der Waals surface area (Å²) < 4.78 is 10.4. The lowest BCUT2D eigenvalue weighted by molar-refractivity contribution is -0.114. The Balaban J connectivity index is 1.49. The molecule has 1 heterocycles. The normalized spacial score (nSPS) is 13.7. The average Bonchev–Trinajstić information content (AvgIpc) is 2.73. The van der Waals surface area contributed by atoms with Crippen LogP contribution in [0.1, 0.15) is 10.4 Å². The lowest BCUT2D eigenvalue weighted by Gasteiger charge is -2.26. The van der Waals surface area contributed by atoms with E-state index in [4.69, 9.17) is 9.47 Å². The molecule has 2 amide bonds. The van der Waals surface area contributed by atoms with Crippen molar-refractivity contribution in [3.8, 4) is 5.75 Å². The summed E-state index contributed by atoms with van der Waals surface area (Å²) in [5.74, 6) is 0.577. The summed E-state index contributed by atoms with van der Waals surface area (Å²) >= 11 is 0. The molecule has 27 heavy (non-hydrogen) atoms. The third-order valence-electron chi connectivity index (χ3n) is 4.26. The second-order valence-corrected chi connectivity index (χ2v) is 6.11. The molecule has 142 valence electrons. The molecule has 0 spiro atoms. The highest BCUT2D eigenvalue weighted by Gasteiger charge is 2.18. The predicted molar refractivity (Wildman–Crippen MR) is 103 cm³/mol. The highest BCUT2D eigenvalue weighted by molar-refractivity contribution is 5.95. The van der Waals surface area contributed by atoms with Crippen molar-refractivity contribution in [2.24, 2.45) is 0 Å². The molecule has 7 heteroatoms. The molecule has 2 aromatic rings. The van der Waals surface area contributed by atoms with Gasteiger partial charge in [-0.15, -0.1) is 0 Å². The molecule has 0 unspecified atom stereocenters. The van der Waals surface area contributed by atoms with Crippen LogP contribution in [0.3, 0.4) is 0 Å². The number of benzene rings is 2. The van der Waals surface area contributed by atoms with Crippen LogP contribution in [0.25, 0.3) is 0 Å². The first-order valence-corrected chi connectivity index (χ1v) is 8.80. The number of rotatable bonds is 6. The maximum Gasteiger partial charge on any atom is 0.254 e. The van der Waals surface area contributed by atoms with Gasteiger partial charge in [-0.3, -0.25) is 9.59 Å². The minimum Gasteiger partial charge on any atom is -0.497 e. The lowest BCUT2D eigenvalue weighted by Crippen LogP contribution is -2.40. The van der Waals surface area contributed by atoms with Crippen molar-refractivity contribution in [3.05, 3.63) is 54.1 Å². The van der Waals surface area contributed by atoms with Gasteiger partial charge in [-0.2, -0.15) is 0 Å². The van der Waals surface area contributed by atoms with E-state index in [0.29, 0.717) is 37.6 Å². The highest BCUT2D eigenvalue weighted by Crippen LogP contribution is 2.15. The van der Waals surface area contributed by atoms with Crippen LogP contribution in [0, 0.1) is 0 Å². The van der Waals surface area contributed by atoms with Crippen molar-refractivity contribution in [3.63, 3.8) is 0 Å². The largest absolute Gasteiger partial charge is 0.497 e. The monoisotopic (exact) mass is 369 g/mol. The van der Waals surface area contributed by atoms with Crippen LogP contribution >= 0.6 is 0 Å². The number of nitrogens with zero attached hydrogens (tertiary/aromatic N) is 1. The Morgan fingerprint density at radius 1 is 1.00 bits per heavy atom. The molecular formula is C20H23N3O4. The molecule has 7 nitrogen and oxygen atoms in total. The highest BCUT2D eigenvalue weighted by atomic mass is 16.5. The van der Waals surface area contributed by atoms with Gasteiger partial charge in [-0.05, 0) is 48.5 Å². The zero-order valence-electron chi connectivity index (χ0n) is 15.2. The number of methoxy groups -OCH3 is 1. The van der Waals surface area contributed by atoms with Crippen LogP contribution in [0.5, 0.6) is 5.75 Å². The number of hydrogen-bond donors (Lipinski definition) is 2. The Hall–Kier alpha value is -3.06. The third-order valence-corrected chi connectivity index (χ3v) is 4.26. The van der Waals surface area contributed by atoms with Gasteiger partial charge < -0.3 is 25.0 Å². The first kappa shape index (κ1) is 18.7. The van der Waals surface area contributed by atoms with Crippen LogP contribution in [-0.2, 0) is 9.53 Å². The number of carbonyl (C=O) groups excluding carboxylic acids is 2. The molecule has 0 bridgehead atoms. The summed E-state index contributed by atoms with van der Waals surface area (Å²) in [7, 11) is 1.59. The van der Waals surface area contributed by atoms with E-state index in [1.54, 1.807) is 60.5 Å². The van der Waals surface area contributed by atoms with Gasteiger partial charge in [0.1, 0.15) is 5.75 Å². The second kappa shape index (κ2) is 9.05. The van der Waals surface area contributed by atoms with Gasteiger partial charge in [0.2, 0.25) is 5.91 Å². The zero-order valence-corrected chi connectivity index (χ0v) is 15.2. The van der Waals surface area contributed by atoms with Crippen molar-refractivity contribution in [2.75, 3.05) is 50.6 Å². The minimum atomic E-state index is -0.159. The first-order valence-electron chi connectivity index (χ1n) is 8.80. The smallest absolute Gasteiger partial charge is 0.254 e. The van der Waals surface area contributed by atoms with Crippen molar-refractivity contribution >= 4 is 23.2 Å². The van der Waals surface area contributed by atoms with E-state index in [9.17, 15) is 9.59 Å². The molecule has 1 aliphatic heterocycles. The van der Waals surface area contributed by atoms with Gasteiger partial charge >= 0.3 is 0 Å². The molecule has 2 aromatic carbocycles. The number of anilines is 2. The maximum absolute atomic E-state index is 12.4. The van der Waals surface area contributed by atoms with Crippen molar-refractivity contribution in [2.45, 2.75) is 0 Å². The number of hydrogen-bond acceptors (Lipinski definition) is 5. The molecule has 3 rings (SSSR count). The van der Waals surface area contributed by atoms with Crippen LogP contribution in [0.2, 0.25) is 0 Å². The van der Waals surface area contributed by atoms with E-state index < -0.39 is 0 Å². The van der Waals surface area contributed by atoms with Gasteiger partial charge in [0.05, 0.1) is 26.9 Å². The zero-order chi connectivity index (χ0) is 19.1. The fraction of sp³-hybridized carbons (Fsp3) is 0.300. The van der Waals surface area contributed by atoms with Gasteiger partial charge in [0, 0.05) is 30.0 Å². The molecule has 0 aliphatic carbocycles. The van der Waals surface area contributed by atoms with Gasteiger partial charge in [0.15, 0.2) is 0 Å². The van der Waals surface area contributed by atoms with E-state index in [0.717, 1.165) is 11.4 Å². The molecule has 0 radical (unpaired) electrons. The third kappa shape index (κ3) is 5.21. The van der Waals surface area contributed by atoms with Crippen LogP contribution < -0.4 is 15.4 Å². The molecule has 1 fully saturated rings. The molecule has 1 aliphatic rings. The summed E-state index contributed by atoms with van der Waals surface area (Å²) in [6.07, 6.45) is 0. The van der Waals surface area contributed by atoms with Gasteiger partial charge in [-0.1, -0.05) is 0 Å². The van der Waals surface area contributed by atoms with Crippen LogP contribution in [-0.4, -0.2) is 56.7 Å². The molecule has 0 aromatic heterocycles. The summed E-state index contributed by atoms with van der Waals surface area (Å²) in [4.78, 5) is 26.2. The van der Waals surface area contributed by atoms with Crippen molar-refractivity contribution < 1.29 is 19.1 Å². The number of ether oxygens (including phenoxy) is 2. The lowest BCUT2D eigenvalue weighted by atomic mass is 10.1. The fourth-order valence-corrected chi connectivity index (χ4v) is 2.74. The SMILES string of the molecule is COc1ccc(NC(=O)CNc2ccc(C(=O)N3CCOCC3)cc2)cc1. The molecule has 0 atom stereocenters. The minimum absolute atomic E-state index is 0.00194. The summed E-state index contributed by atoms with van der Waals surface area (Å²) in [6, 6.07) is 14.3. The van der Waals surface area contributed by atoms with E-state index in [1.165, 1.54) is 0 Å². The quantitative estimate of drug-likeness (QED) is 0.816. The average molecular weight is 369 g/mol. The van der Waals surface area contributed by atoms with Crippen molar-refractivity contribution in [1.29, 1.82) is 0 Å². The number of carbonyl (C=O) groups is 2. The predicted octanol–water partition coefficient (Wildman–Crippen LogP) is 2.22. The second-order valence-electron chi connectivity index (χ2n) is 6.11.